The summed E-state index contributed by atoms with van der Waals surface area (Å²) in [7, 11) is 0. The molecule has 2 aromatic heterocycles. The Labute approximate surface area is 270 Å². The lowest BCUT2D eigenvalue weighted by molar-refractivity contribution is -0.265. The van der Waals surface area contributed by atoms with Crippen LogP contribution in [0.1, 0.15) is 46.9 Å². The van der Waals surface area contributed by atoms with Crippen LogP contribution in [0.4, 0.5) is 28.0 Å². The SMILES string of the molecule is Cc1cnc2c(NC(=O)OC3CC3)cc(C(=O)NC[C@](O)(c3cc4c(c(-c5ccc(F)cc5)n3)OC[C@]4(C)C(N)=O)C(F)(F)F)cc2c1. The Morgan fingerprint density at radius 2 is 1.83 bits per heavy atom. The van der Waals surface area contributed by atoms with E-state index >= 15 is 0 Å². The molecule has 1 saturated carbocycles. The molecule has 4 aromatic rings. The topological polar surface area (TPSA) is 166 Å². The number of alkyl halides is 3. The fraction of sp³-hybridized carbons (Fsp3) is 0.303. The van der Waals surface area contributed by atoms with Crippen molar-refractivity contribution < 1.29 is 46.5 Å². The Bertz CT molecular complexity index is 1970. The summed E-state index contributed by atoms with van der Waals surface area (Å²) in [5.41, 5.74) is 0.0852. The summed E-state index contributed by atoms with van der Waals surface area (Å²) in [4.78, 5) is 46.7. The molecule has 0 radical (unpaired) electrons. The minimum Gasteiger partial charge on any atom is -0.489 e. The second kappa shape index (κ2) is 11.7. The molecule has 2 atom stereocenters. The second-order valence-electron chi connectivity index (χ2n) is 12.1. The van der Waals surface area contributed by atoms with Gasteiger partial charge in [0.2, 0.25) is 11.5 Å². The molecular formula is C33H29F4N5O6. The van der Waals surface area contributed by atoms with Crippen LogP contribution in [0.5, 0.6) is 5.75 Å². The van der Waals surface area contributed by atoms with Crippen molar-refractivity contribution in [1.29, 1.82) is 0 Å². The Kier molecular flexibility index (Phi) is 7.98. The van der Waals surface area contributed by atoms with E-state index in [1.54, 1.807) is 19.2 Å². The van der Waals surface area contributed by atoms with Crippen LogP contribution < -0.4 is 21.1 Å². The Balaban J connectivity index is 1.38. The highest BCUT2D eigenvalue weighted by Gasteiger charge is 2.57. The highest BCUT2D eigenvalue weighted by molar-refractivity contribution is 6.05. The van der Waals surface area contributed by atoms with Crippen molar-refractivity contribution in [2.75, 3.05) is 18.5 Å². The predicted molar refractivity (Wildman–Crippen MR) is 164 cm³/mol. The van der Waals surface area contributed by atoms with Gasteiger partial charge >= 0.3 is 12.3 Å². The van der Waals surface area contributed by atoms with Crippen molar-refractivity contribution in [2.45, 2.75) is 50.0 Å². The van der Waals surface area contributed by atoms with Gasteiger partial charge in [0.15, 0.2) is 0 Å². The first kappa shape index (κ1) is 32.6. The maximum Gasteiger partial charge on any atom is 0.424 e. The van der Waals surface area contributed by atoms with Crippen molar-refractivity contribution in [1.82, 2.24) is 15.3 Å². The average Bonchev–Trinajstić information content (AvgIpc) is 3.78. The molecule has 0 spiro atoms. The van der Waals surface area contributed by atoms with Crippen LogP contribution in [0.2, 0.25) is 0 Å². The van der Waals surface area contributed by atoms with Crippen LogP contribution in [0.3, 0.4) is 0 Å². The number of nitrogens with one attached hydrogen (secondary N) is 2. The van der Waals surface area contributed by atoms with Crippen LogP contribution in [0, 0.1) is 12.7 Å². The standard InChI is InChI=1S/C33H29F4N5O6/c1-16-9-18-10-19(11-23(25(18)39-13-16)41-30(45)48-21-7-8-21)28(43)40-14-32(46,33(35,36)37)24-12-22-27(47-15-31(22,2)29(38)44)26(42-24)17-3-5-20(34)6-4-17/h3-6,9-13,21,46H,7-8,14-15H2,1-2H3,(H2,38,44)(H,40,43)(H,41,45)/t31-,32-/m0/s1. The van der Waals surface area contributed by atoms with Crippen molar-refractivity contribution in [3.8, 4) is 17.0 Å². The smallest absolute Gasteiger partial charge is 0.424 e. The molecule has 3 amide bonds. The third-order valence-electron chi connectivity index (χ3n) is 8.35. The number of rotatable bonds is 8. The summed E-state index contributed by atoms with van der Waals surface area (Å²) < 4.78 is 69.1. The molecular weight excluding hydrogens is 638 g/mol. The minimum atomic E-state index is -5.41. The van der Waals surface area contributed by atoms with Gasteiger partial charge in [-0.1, -0.05) is 0 Å². The van der Waals surface area contributed by atoms with Crippen LogP contribution in [0.15, 0.2) is 54.7 Å². The van der Waals surface area contributed by atoms with Crippen LogP contribution in [-0.2, 0) is 20.5 Å². The molecule has 3 heterocycles. The number of fused-ring (bicyclic) bond motifs is 2. The zero-order valence-electron chi connectivity index (χ0n) is 25.6. The van der Waals surface area contributed by atoms with Gasteiger partial charge < -0.3 is 25.6 Å². The number of aliphatic hydroxyl groups is 1. The number of aryl methyl sites for hydroxylation is 1. The normalized spacial score (nSPS) is 18.4. The number of hydrogen-bond donors (Lipinski definition) is 4. The highest BCUT2D eigenvalue weighted by Crippen LogP contribution is 2.47. The molecule has 0 bridgehead atoms. The molecule has 15 heteroatoms. The first-order chi connectivity index (χ1) is 22.6. The van der Waals surface area contributed by atoms with Gasteiger partial charge in [-0.2, -0.15) is 13.2 Å². The maximum atomic E-state index is 14.8. The summed E-state index contributed by atoms with van der Waals surface area (Å²) in [6.45, 7) is 1.39. The summed E-state index contributed by atoms with van der Waals surface area (Å²) in [6, 6.07) is 9.78. The lowest BCUT2D eigenvalue weighted by Gasteiger charge is -2.31. The maximum absolute atomic E-state index is 14.8. The Morgan fingerprint density at radius 1 is 1.12 bits per heavy atom. The quantitative estimate of drug-likeness (QED) is 0.195. The molecule has 1 aliphatic heterocycles. The van der Waals surface area contributed by atoms with Gasteiger partial charge in [0, 0.05) is 28.3 Å². The zero-order chi connectivity index (χ0) is 34.6. The monoisotopic (exact) mass is 667 g/mol. The number of ether oxygens (including phenoxy) is 2. The van der Waals surface area contributed by atoms with E-state index in [2.05, 4.69) is 20.6 Å². The van der Waals surface area contributed by atoms with E-state index in [4.69, 9.17) is 15.2 Å². The number of carbonyl (C=O) groups is 3. The van der Waals surface area contributed by atoms with Gasteiger partial charge in [0.25, 0.3) is 5.91 Å². The number of nitrogens with zero attached hydrogens (tertiary/aromatic N) is 2. The van der Waals surface area contributed by atoms with Crippen molar-refractivity contribution in [3.63, 3.8) is 0 Å². The van der Waals surface area contributed by atoms with Gasteiger partial charge in [-0.25, -0.2) is 14.2 Å². The van der Waals surface area contributed by atoms with Gasteiger partial charge in [0.1, 0.15) is 35.4 Å². The first-order valence-electron chi connectivity index (χ1n) is 14.8. The number of amides is 3. The van der Waals surface area contributed by atoms with Gasteiger partial charge in [-0.05, 0) is 80.8 Å². The molecule has 1 aliphatic carbocycles. The lowest BCUT2D eigenvalue weighted by atomic mass is 9.81. The summed E-state index contributed by atoms with van der Waals surface area (Å²) in [6.07, 6.45) is -3.43. The number of primary amides is 1. The number of aromatic nitrogens is 2. The minimum absolute atomic E-state index is 0.0551. The molecule has 2 aromatic carbocycles. The Morgan fingerprint density at radius 3 is 2.48 bits per heavy atom. The lowest BCUT2D eigenvalue weighted by Crippen LogP contribution is -2.51. The van der Waals surface area contributed by atoms with Crippen LogP contribution >= 0.6 is 0 Å². The van der Waals surface area contributed by atoms with E-state index < -0.39 is 53.2 Å². The number of anilines is 1. The van der Waals surface area contributed by atoms with Crippen LogP contribution in [-0.4, -0.2) is 58.4 Å². The number of carbonyl (C=O) groups excluding carboxylic acids is 3. The molecule has 11 nitrogen and oxygen atoms in total. The summed E-state index contributed by atoms with van der Waals surface area (Å²) in [5, 5.41) is 16.4. The van der Waals surface area contributed by atoms with Gasteiger partial charge in [-0.15, -0.1) is 0 Å². The number of benzene rings is 2. The number of nitrogens with two attached hydrogens (primary N) is 1. The second-order valence-corrected chi connectivity index (χ2v) is 12.1. The summed E-state index contributed by atoms with van der Waals surface area (Å²) in [5.74, 6) is -2.61. The molecule has 48 heavy (non-hydrogen) atoms. The van der Waals surface area contributed by atoms with E-state index in [1.165, 1.54) is 31.2 Å². The fourth-order valence-corrected chi connectivity index (χ4v) is 5.31. The highest BCUT2D eigenvalue weighted by atomic mass is 19.4. The fourth-order valence-electron chi connectivity index (χ4n) is 5.31. The van der Waals surface area contributed by atoms with Crippen molar-refractivity contribution in [2.24, 2.45) is 5.73 Å². The molecule has 2 aliphatic rings. The third kappa shape index (κ3) is 5.96. The van der Waals surface area contributed by atoms with Crippen molar-refractivity contribution in [3.05, 3.63) is 82.9 Å². The number of halogens is 4. The number of pyridine rings is 2. The molecule has 1 fully saturated rings. The van der Waals surface area contributed by atoms with Crippen LogP contribution in [0.25, 0.3) is 22.2 Å². The molecule has 0 unspecified atom stereocenters. The van der Waals surface area contributed by atoms with E-state index in [9.17, 15) is 37.1 Å². The van der Waals surface area contributed by atoms with E-state index in [0.717, 1.165) is 31.0 Å². The average molecular weight is 668 g/mol. The Hall–Kier alpha value is -5.31. The van der Waals surface area contributed by atoms with Crippen molar-refractivity contribution >= 4 is 34.5 Å². The first-order valence-corrected chi connectivity index (χ1v) is 14.8. The van der Waals surface area contributed by atoms with E-state index in [-0.39, 0.29) is 46.5 Å². The zero-order valence-corrected chi connectivity index (χ0v) is 25.6. The molecule has 6 rings (SSSR count). The molecule has 250 valence electrons. The van der Waals surface area contributed by atoms with E-state index in [1.807, 2.05) is 0 Å². The van der Waals surface area contributed by atoms with Gasteiger partial charge in [-0.3, -0.25) is 19.9 Å². The summed E-state index contributed by atoms with van der Waals surface area (Å²) >= 11 is 0. The molecule has 5 N–H and O–H groups in total. The third-order valence-corrected chi connectivity index (χ3v) is 8.35. The number of hydrogen-bond acceptors (Lipinski definition) is 8. The predicted octanol–water partition coefficient (Wildman–Crippen LogP) is 4.77. The molecule has 0 saturated heterocycles. The largest absolute Gasteiger partial charge is 0.489 e. The van der Waals surface area contributed by atoms with Gasteiger partial charge in [0.05, 0.1) is 23.4 Å². The van der Waals surface area contributed by atoms with E-state index in [0.29, 0.717) is 16.5 Å².